The molecule has 0 radical (unpaired) electrons. The largest absolute Gasteiger partial charge is 0.494 e. The van der Waals surface area contributed by atoms with Gasteiger partial charge >= 0.3 is 5.97 Å². The summed E-state index contributed by atoms with van der Waals surface area (Å²) < 4.78 is 12.7. The van der Waals surface area contributed by atoms with E-state index in [9.17, 15) is 4.79 Å². The van der Waals surface area contributed by atoms with Crippen molar-refractivity contribution in [1.29, 1.82) is 0 Å². The first-order valence-electron chi connectivity index (χ1n) is 11.9. The van der Waals surface area contributed by atoms with Gasteiger partial charge in [-0.2, -0.15) is 10.1 Å². The fraction of sp³-hybridized carbons (Fsp3) is 0.269. The summed E-state index contributed by atoms with van der Waals surface area (Å²) >= 11 is 0. The standard InChI is InChI=1S/C26H28N8O3/c1-5-37-25(35)20-12-27-26-29-18-8-6-7-16(9-18)13-33(2)14-17-10-19(23-28-15-34(3)32-23)22(36-4)21(11-17)30-24(20)31-26/h6-12,15H,5,13-14H2,1-4H3,(H2,27,29,30,31). The number of anilines is 4. The van der Waals surface area contributed by atoms with Crippen molar-refractivity contribution in [2.75, 3.05) is 31.4 Å². The van der Waals surface area contributed by atoms with Crippen molar-refractivity contribution in [3.05, 3.63) is 65.6 Å². The second-order valence-electron chi connectivity index (χ2n) is 8.77. The Kier molecular flexibility index (Phi) is 6.69. The number of rotatable bonds is 4. The van der Waals surface area contributed by atoms with Crippen LogP contribution in [0.2, 0.25) is 0 Å². The minimum Gasteiger partial charge on any atom is -0.494 e. The summed E-state index contributed by atoms with van der Waals surface area (Å²) in [7, 11) is 5.46. The molecule has 0 saturated heterocycles. The number of nitrogens with one attached hydrogen (secondary N) is 2. The maximum absolute atomic E-state index is 12.8. The number of aromatic nitrogens is 5. The number of aryl methyl sites for hydroxylation is 1. The van der Waals surface area contributed by atoms with Crippen molar-refractivity contribution in [2.24, 2.45) is 7.05 Å². The van der Waals surface area contributed by atoms with Crippen LogP contribution >= 0.6 is 0 Å². The van der Waals surface area contributed by atoms with E-state index in [2.05, 4.69) is 54.8 Å². The van der Waals surface area contributed by atoms with Crippen LogP contribution in [0.3, 0.4) is 0 Å². The Hall–Kier alpha value is -4.51. The molecule has 1 aliphatic rings. The van der Waals surface area contributed by atoms with Crippen molar-refractivity contribution in [3.8, 4) is 17.1 Å². The third-order valence-electron chi connectivity index (χ3n) is 5.82. The molecule has 0 unspecified atom stereocenters. The minimum atomic E-state index is -0.527. The topological polar surface area (TPSA) is 119 Å². The molecule has 2 N–H and O–H groups in total. The highest BCUT2D eigenvalue weighted by atomic mass is 16.5. The first-order valence-corrected chi connectivity index (χ1v) is 11.9. The zero-order valence-corrected chi connectivity index (χ0v) is 21.1. The molecule has 1 aliphatic heterocycles. The molecule has 11 heteroatoms. The maximum Gasteiger partial charge on any atom is 0.343 e. The number of carbonyl (C=O) groups excluding carboxylic acids is 1. The highest BCUT2D eigenvalue weighted by Gasteiger charge is 2.22. The predicted octanol–water partition coefficient (Wildman–Crippen LogP) is 3.89. The predicted molar refractivity (Wildman–Crippen MR) is 139 cm³/mol. The molecule has 0 aliphatic carbocycles. The summed E-state index contributed by atoms with van der Waals surface area (Å²) in [6, 6.07) is 12.1. The van der Waals surface area contributed by atoms with E-state index >= 15 is 0 Å². The number of fused-ring (bicyclic) bond motifs is 6. The lowest BCUT2D eigenvalue weighted by molar-refractivity contribution is 0.0526. The van der Waals surface area contributed by atoms with Gasteiger partial charge < -0.3 is 20.1 Å². The lowest BCUT2D eigenvalue weighted by atomic mass is 10.1. The van der Waals surface area contributed by atoms with Crippen LogP contribution in [0, 0.1) is 0 Å². The van der Waals surface area contributed by atoms with Crippen molar-refractivity contribution in [1.82, 2.24) is 29.6 Å². The SMILES string of the molecule is CCOC(=O)c1cnc2nc1Nc1cc(cc(-c3ncn(C)n3)c1OC)CN(C)Cc1cccc(c1)N2. The number of carbonyl (C=O) groups is 1. The molecule has 0 atom stereocenters. The Morgan fingerprint density at radius 2 is 1.92 bits per heavy atom. The van der Waals surface area contributed by atoms with E-state index in [1.807, 2.05) is 31.3 Å². The summed E-state index contributed by atoms with van der Waals surface area (Å²) in [6.07, 6.45) is 3.09. The van der Waals surface area contributed by atoms with Gasteiger partial charge in [0.25, 0.3) is 0 Å². The Morgan fingerprint density at radius 1 is 1.08 bits per heavy atom. The van der Waals surface area contributed by atoms with E-state index in [0.29, 0.717) is 29.8 Å². The quantitative estimate of drug-likeness (QED) is 0.399. The third-order valence-corrected chi connectivity index (χ3v) is 5.82. The maximum atomic E-state index is 12.8. The van der Waals surface area contributed by atoms with Gasteiger partial charge in [0.2, 0.25) is 5.95 Å². The minimum absolute atomic E-state index is 0.204. The van der Waals surface area contributed by atoms with E-state index in [1.54, 1.807) is 25.0 Å². The second kappa shape index (κ2) is 10.2. The van der Waals surface area contributed by atoms with Crippen molar-refractivity contribution in [2.45, 2.75) is 20.0 Å². The fourth-order valence-electron chi connectivity index (χ4n) is 4.30. The van der Waals surface area contributed by atoms with Crippen LogP contribution in [0.15, 0.2) is 48.9 Å². The molecule has 190 valence electrons. The molecule has 2 aromatic heterocycles. The summed E-state index contributed by atoms with van der Waals surface area (Å²) in [5.41, 5.74) is 4.52. The van der Waals surface area contributed by atoms with Gasteiger partial charge in [0, 0.05) is 32.0 Å². The monoisotopic (exact) mass is 500 g/mol. The van der Waals surface area contributed by atoms with Gasteiger partial charge in [0.1, 0.15) is 11.9 Å². The molecule has 0 saturated carbocycles. The number of nitrogens with zero attached hydrogens (tertiary/aromatic N) is 6. The highest BCUT2D eigenvalue weighted by Crippen LogP contribution is 2.39. The summed E-state index contributed by atoms with van der Waals surface area (Å²) in [5, 5.41) is 11.0. The second-order valence-corrected chi connectivity index (χ2v) is 8.77. The summed E-state index contributed by atoms with van der Waals surface area (Å²) in [4.78, 5) is 28.4. The lowest BCUT2D eigenvalue weighted by Gasteiger charge is -2.21. The van der Waals surface area contributed by atoms with Gasteiger partial charge in [-0.3, -0.25) is 9.58 Å². The molecule has 2 aromatic carbocycles. The summed E-state index contributed by atoms with van der Waals surface area (Å²) in [6.45, 7) is 3.36. The lowest BCUT2D eigenvalue weighted by Crippen LogP contribution is -2.18. The van der Waals surface area contributed by atoms with Gasteiger partial charge in [0.15, 0.2) is 17.4 Å². The van der Waals surface area contributed by atoms with Gasteiger partial charge in [-0.25, -0.2) is 14.8 Å². The molecule has 37 heavy (non-hydrogen) atoms. The molecule has 3 heterocycles. The number of benzene rings is 2. The van der Waals surface area contributed by atoms with Crippen LogP contribution in [0.4, 0.5) is 23.1 Å². The van der Waals surface area contributed by atoms with E-state index in [1.165, 1.54) is 6.20 Å². The number of hydrogen-bond donors (Lipinski definition) is 2. The molecule has 11 nitrogen and oxygen atoms in total. The molecular weight excluding hydrogens is 472 g/mol. The Bertz CT molecular complexity index is 1450. The van der Waals surface area contributed by atoms with Crippen LogP contribution < -0.4 is 15.4 Å². The number of methoxy groups -OCH3 is 1. The molecule has 5 rings (SSSR count). The van der Waals surface area contributed by atoms with Crippen LogP contribution in [0.1, 0.15) is 28.4 Å². The third kappa shape index (κ3) is 5.21. The average Bonchev–Trinajstić information content (AvgIpc) is 3.30. The number of ether oxygens (including phenoxy) is 2. The van der Waals surface area contributed by atoms with Crippen molar-refractivity contribution >= 4 is 29.1 Å². The Morgan fingerprint density at radius 3 is 2.68 bits per heavy atom. The van der Waals surface area contributed by atoms with Crippen molar-refractivity contribution < 1.29 is 14.3 Å². The molecule has 0 amide bonds. The number of esters is 1. The molecule has 4 aromatic rings. The molecule has 6 bridgehead atoms. The summed E-state index contributed by atoms with van der Waals surface area (Å²) in [5.74, 6) is 1.14. The number of hydrogen-bond acceptors (Lipinski definition) is 10. The van der Waals surface area contributed by atoms with Crippen LogP contribution in [-0.4, -0.2) is 56.4 Å². The van der Waals surface area contributed by atoms with E-state index in [0.717, 1.165) is 28.9 Å². The molecule has 0 spiro atoms. The van der Waals surface area contributed by atoms with E-state index in [-0.39, 0.29) is 18.0 Å². The Balaban J connectivity index is 1.70. The van der Waals surface area contributed by atoms with Crippen molar-refractivity contribution in [3.63, 3.8) is 0 Å². The van der Waals surface area contributed by atoms with E-state index < -0.39 is 5.97 Å². The smallest absolute Gasteiger partial charge is 0.343 e. The van der Waals surface area contributed by atoms with Crippen LogP contribution in [0.25, 0.3) is 11.4 Å². The molecule has 0 fully saturated rings. The first-order chi connectivity index (χ1) is 17.9. The van der Waals surface area contributed by atoms with Crippen LogP contribution in [0.5, 0.6) is 5.75 Å². The Labute approximate surface area is 214 Å². The van der Waals surface area contributed by atoms with Gasteiger partial charge in [-0.05, 0) is 49.4 Å². The fourth-order valence-corrected chi connectivity index (χ4v) is 4.30. The highest BCUT2D eigenvalue weighted by molar-refractivity contribution is 5.96. The zero-order valence-electron chi connectivity index (χ0n) is 21.1. The van der Waals surface area contributed by atoms with Gasteiger partial charge in [-0.15, -0.1) is 0 Å². The van der Waals surface area contributed by atoms with E-state index in [4.69, 9.17) is 9.47 Å². The van der Waals surface area contributed by atoms with Crippen LogP contribution in [-0.2, 0) is 24.9 Å². The average molecular weight is 501 g/mol. The zero-order chi connectivity index (χ0) is 25.9. The molecular formula is C26H28N8O3. The van der Waals surface area contributed by atoms with Gasteiger partial charge in [-0.1, -0.05) is 12.1 Å². The first kappa shape index (κ1) is 24.2. The normalized spacial score (nSPS) is 13.2. The van der Waals surface area contributed by atoms with Gasteiger partial charge in [0.05, 0.1) is 25.0 Å².